The maximum absolute atomic E-state index is 12.7. The summed E-state index contributed by atoms with van der Waals surface area (Å²) >= 11 is 1.55. The number of carbonyl (C=O) groups is 1. The molecule has 8 heteroatoms. The molecular weight excluding hydrogens is 362 g/mol. The molecule has 0 bridgehead atoms. The van der Waals surface area contributed by atoms with Gasteiger partial charge in [-0.2, -0.15) is 0 Å². The first kappa shape index (κ1) is 17.5. The van der Waals surface area contributed by atoms with Crippen LogP contribution in [-0.2, 0) is 0 Å². The fourth-order valence-corrected chi connectivity index (χ4v) is 3.96. The van der Waals surface area contributed by atoms with Crippen LogP contribution in [0.1, 0.15) is 40.8 Å². The third-order valence-corrected chi connectivity index (χ3v) is 5.52. The number of hydrogen-bond acceptors (Lipinski definition) is 6. The number of piperidine rings is 1. The third kappa shape index (κ3) is 3.80. The van der Waals surface area contributed by atoms with E-state index in [1.54, 1.807) is 22.4 Å². The van der Waals surface area contributed by atoms with Gasteiger partial charge in [0, 0.05) is 31.3 Å². The van der Waals surface area contributed by atoms with Crippen LogP contribution in [0.15, 0.2) is 40.8 Å². The van der Waals surface area contributed by atoms with Crippen LogP contribution >= 0.6 is 11.3 Å². The van der Waals surface area contributed by atoms with E-state index in [1.807, 2.05) is 24.4 Å². The molecule has 0 unspecified atom stereocenters. The van der Waals surface area contributed by atoms with Crippen LogP contribution in [0.4, 0.5) is 0 Å². The Morgan fingerprint density at radius 1 is 1.33 bits per heavy atom. The quantitative estimate of drug-likeness (QED) is 0.753. The molecule has 0 radical (unpaired) electrons. The number of aryl methyl sites for hydroxylation is 1. The van der Waals surface area contributed by atoms with Crippen molar-refractivity contribution in [3.8, 4) is 10.6 Å². The Bertz CT molecular complexity index is 998. The van der Waals surface area contributed by atoms with Crippen LogP contribution in [0.25, 0.3) is 10.6 Å². The van der Waals surface area contributed by atoms with Gasteiger partial charge in [-0.1, -0.05) is 6.07 Å². The Balaban J connectivity index is 1.57. The molecule has 0 aromatic carbocycles. The summed E-state index contributed by atoms with van der Waals surface area (Å²) in [5.41, 5.74) is 1.62. The Morgan fingerprint density at radius 3 is 2.96 bits per heavy atom. The summed E-state index contributed by atoms with van der Waals surface area (Å²) in [6, 6.07) is 5.40. The summed E-state index contributed by atoms with van der Waals surface area (Å²) in [5.74, 6) is 0.496. The van der Waals surface area contributed by atoms with Crippen molar-refractivity contribution in [2.24, 2.45) is 0 Å². The molecule has 138 valence electrons. The zero-order valence-electron chi connectivity index (χ0n) is 14.9. The van der Waals surface area contributed by atoms with Crippen molar-refractivity contribution >= 4 is 17.2 Å². The van der Waals surface area contributed by atoms with E-state index in [2.05, 4.69) is 19.9 Å². The molecule has 4 heterocycles. The van der Waals surface area contributed by atoms with Gasteiger partial charge in [-0.05, 0) is 31.2 Å². The number of H-pyrrole nitrogens is 1. The van der Waals surface area contributed by atoms with Crippen molar-refractivity contribution < 1.29 is 4.79 Å². The van der Waals surface area contributed by atoms with E-state index < -0.39 is 0 Å². The molecule has 1 fully saturated rings. The number of carbonyl (C=O) groups excluding carboxylic acids is 1. The van der Waals surface area contributed by atoms with Crippen molar-refractivity contribution in [1.29, 1.82) is 0 Å². The van der Waals surface area contributed by atoms with Gasteiger partial charge in [0.05, 0.1) is 22.5 Å². The van der Waals surface area contributed by atoms with E-state index >= 15 is 0 Å². The number of thiophene rings is 1. The highest BCUT2D eigenvalue weighted by atomic mass is 32.1. The second-order valence-electron chi connectivity index (χ2n) is 6.63. The van der Waals surface area contributed by atoms with E-state index in [0.29, 0.717) is 30.3 Å². The molecular formula is C19H19N5O2S. The third-order valence-electron chi connectivity index (χ3n) is 4.63. The average Bonchev–Trinajstić information content (AvgIpc) is 3.23. The van der Waals surface area contributed by atoms with Crippen LogP contribution < -0.4 is 5.56 Å². The summed E-state index contributed by atoms with van der Waals surface area (Å²) in [7, 11) is 0. The minimum atomic E-state index is -0.170. The molecule has 1 atom stereocenters. The number of nitrogens with zero attached hydrogens (tertiary/aromatic N) is 4. The lowest BCUT2D eigenvalue weighted by molar-refractivity contribution is 0.0698. The second kappa shape index (κ2) is 7.40. The first-order valence-corrected chi connectivity index (χ1v) is 9.71. The Kier molecular flexibility index (Phi) is 4.81. The van der Waals surface area contributed by atoms with E-state index in [4.69, 9.17) is 0 Å². The number of aromatic amines is 1. The van der Waals surface area contributed by atoms with Crippen molar-refractivity contribution in [3.05, 3.63) is 63.5 Å². The van der Waals surface area contributed by atoms with Crippen molar-refractivity contribution in [3.63, 3.8) is 0 Å². The fraction of sp³-hybridized carbons (Fsp3) is 0.316. The summed E-state index contributed by atoms with van der Waals surface area (Å²) in [4.78, 5) is 43.5. The Morgan fingerprint density at radius 2 is 2.22 bits per heavy atom. The standard InChI is InChI=1S/C19H19N5O2S/c1-12-9-21-15(10-20-12)19(26)24-6-2-4-13(11-24)18-22-14(8-17(25)23-18)16-5-3-7-27-16/h3,5,7-10,13H,2,4,6,11H2,1H3,(H,22,23,25)/t13-/m0/s1. The number of amides is 1. The SMILES string of the molecule is Cc1cnc(C(=O)N2CCC[C@H](c3nc(-c4cccs4)cc(=O)[nH]3)C2)cn1. The second-order valence-corrected chi connectivity index (χ2v) is 7.57. The average molecular weight is 381 g/mol. The predicted octanol–water partition coefficient (Wildman–Crippen LogP) is 2.62. The molecule has 0 saturated carbocycles. The summed E-state index contributed by atoms with van der Waals surface area (Å²) in [6.07, 6.45) is 4.83. The molecule has 1 aliphatic heterocycles. The van der Waals surface area contributed by atoms with Gasteiger partial charge in [-0.15, -0.1) is 11.3 Å². The van der Waals surface area contributed by atoms with Crippen LogP contribution in [0, 0.1) is 6.92 Å². The number of nitrogens with one attached hydrogen (secondary N) is 1. The number of aromatic nitrogens is 4. The Hall–Kier alpha value is -2.87. The van der Waals surface area contributed by atoms with Gasteiger partial charge in [-0.25, -0.2) is 9.97 Å². The topological polar surface area (TPSA) is 91.8 Å². The lowest BCUT2D eigenvalue weighted by atomic mass is 9.96. The molecule has 1 amide bonds. The lowest BCUT2D eigenvalue weighted by Gasteiger charge is -2.32. The zero-order chi connectivity index (χ0) is 18.8. The first-order valence-electron chi connectivity index (χ1n) is 8.83. The lowest BCUT2D eigenvalue weighted by Crippen LogP contribution is -2.40. The number of rotatable bonds is 3. The molecule has 7 nitrogen and oxygen atoms in total. The van der Waals surface area contributed by atoms with Gasteiger partial charge in [0.25, 0.3) is 11.5 Å². The van der Waals surface area contributed by atoms with Crippen LogP contribution in [0.2, 0.25) is 0 Å². The van der Waals surface area contributed by atoms with Gasteiger partial charge in [0.2, 0.25) is 0 Å². The van der Waals surface area contributed by atoms with E-state index in [9.17, 15) is 9.59 Å². The monoisotopic (exact) mass is 381 g/mol. The number of hydrogen-bond donors (Lipinski definition) is 1. The summed E-state index contributed by atoms with van der Waals surface area (Å²) < 4.78 is 0. The van der Waals surface area contributed by atoms with Gasteiger partial charge < -0.3 is 9.88 Å². The molecule has 0 aliphatic carbocycles. The highest BCUT2D eigenvalue weighted by molar-refractivity contribution is 7.13. The summed E-state index contributed by atoms with van der Waals surface area (Å²) in [5, 5.41) is 1.96. The first-order chi connectivity index (χ1) is 13.1. The molecule has 1 aliphatic rings. The van der Waals surface area contributed by atoms with Gasteiger partial charge in [0.1, 0.15) is 11.5 Å². The minimum Gasteiger partial charge on any atom is -0.337 e. The maximum Gasteiger partial charge on any atom is 0.274 e. The fourth-order valence-electron chi connectivity index (χ4n) is 3.27. The van der Waals surface area contributed by atoms with Crippen LogP contribution in [-0.4, -0.2) is 43.8 Å². The maximum atomic E-state index is 12.7. The predicted molar refractivity (Wildman–Crippen MR) is 103 cm³/mol. The molecule has 1 saturated heterocycles. The molecule has 0 spiro atoms. The van der Waals surface area contributed by atoms with E-state index in [1.165, 1.54) is 12.3 Å². The van der Waals surface area contributed by atoms with Gasteiger partial charge in [-0.3, -0.25) is 14.6 Å². The smallest absolute Gasteiger partial charge is 0.274 e. The molecule has 3 aromatic heterocycles. The van der Waals surface area contributed by atoms with Gasteiger partial charge >= 0.3 is 0 Å². The van der Waals surface area contributed by atoms with Crippen molar-refractivity contribution in [1.82, 2.24) is 24.8 Å². The van der Waals surface area contributed by atoms with E-state index in [-0.39, 0.29) is 17.4 Å². The van der Waals surface area contributed by atoms with Crippen LogP contribution in [0.3, 0.4) is 0 Å². The Labute approximate surface area is 160 Å². The normalized spacial score (nSPS) is 17.1. The molecule has 3 aromatic rings. The van der Waals surface area contributed by atoms with Crippen molar-refractivity contribution in [2.75, 3.05) is 13.1 Å². The van der Waals surface area contributed by atoms with Crippen LogP contribution in [0.5, 0.6) is 0 Å². The number of likely N-dealkylation sites (tertiary alicyclic amines) is 1. The largest absolute Gasteiger partial charge is 0.337 e. The molecule has 4 rings (SSSR count). The zero-order valence-corrected chi connectivity index (χ0v) is 15.7. The highest BCUT2D eigenvalue weighted by Gasteiger charge is 2.28. The van der Waals surface area contributed by atoms with Crippen molar-refractivity contribution in [2.45, 2.75) is 25.7 Å². The van der Waals surface area contributed by atoms with Gasteiger partial charge in [0.15, 0.2) is 0 Å². The molecule has 1 N–H and O–H groups in total. The van der Waals surface area contributed by atoms with E-state index in [0.717, 1.165) is 23.4 Å². The highest BCUT2D eigenvalue weighted by Crippen LogP contribution is 2.27. The minimum absolute atomic E-state index is 0.00582. The summed E-state index contributed by atoms with van der Waals surface area (Å²) in [6.45, 7) is 3.01. The molecule has 27 heavy (non-hydrogen) atoms.